The highest BCUT2D eigenvalue weighted by molar-refractivity contribution is 5.82. The van der Waals surface area contributed by atoms with E-state index in [1.165, 1.54) is 0 Å². The van der Waals surface area contributed by atoms with Crippen LogP contribution in [0.4, 0.5) is 0 Å². The Balaban J connectivity index is 2.11. The van der Waals surface area contributed by atoms with E-state index in [4.69, 9.17) is 4.74 Å². The molecule has 0 radical (unpaired) electrons. The van der Waals surface area contributed by atoms with Crippen LogP contribution in [0.5, 0.6) is 5.75 Å². The van der Waals surface area contributed by atoms with Gasteiger partial charge in [0.1, 0.15) is 5.75 Å². The molecule has 0 fully saturated rings. The molecule has 1 N–H and O–H groups in total. The summed E-state index contributed by atoms with van der Waals surface area (Å²) in [5, 5.41) is 0.607. The van der Waals surface area contributed by atoms with Crippen LogP contribution in [-0.4, -0.2) is 22.9 Å². The molecule has 116 valence electrons. The molecule has 0 saturated heterocycles. The van der Waals surface area contributed by atoms with Gasteiger partial charge in [-0.1, -0.05) is 6.92 Å². The third-order valence-electron chi connectivity index (χ3n) is 4.34. The van der Waals surface area contributed by atoms with E-state index in [-0.39, 0.29) is 17.4 Å². The van der Waals surface area contributed by atoms with Crippen LogP contribution in [0, 0.1) is 0 Å². The van der Waals surface area contributed by atoms with Gasteiger partial charge in [-0.3, -0.25) is 9.59 Å². The van der Waals surface area contributed by atoms with Crippen LogP contribution < -0.4 is 10.2 Å². The normalized spacial score (nSPS) is 16.9. The molecule has 5 heteroatoms. The van der Waals surface area contributed by atoms with E-state index in [0.29, 0.717) is 29.7 Å². The first kappa shape index (κ1) is 14.6. The number of H-pyrrole nitrogens is 1. The number of aromatic nitrogens is 1. The minimum atomic E-state index is -0.0896. The number of hydrogen-bond donors (Lipinski definition) is 1. The number of nitrogens with one attached hydrogen (secondary N) is 1. The van der Waals surface area contributed by atoms with Gasteiger partial charge < -0.3 is 14.6 Å². The van der Waals surface area contributed by atoms with Gasteiger partial charge in [-0.05, 0) is 31.5 Å². The van der Waals surface area contributed by atoms with Crippen molar-refractivity contribution in [3.63, 3.8) is 0 Å². The fourth-order valence-electron chi connectivity index (χ4n) is 3.09. The predicted octanol–water partition coefficient (Wildman–Crippen LogP) is 2.74. The highest BCUT2D eigenvalue weighted by Gasteiger charge is 2.32. The molecule has 2 heterocycles. The van der Waals surface area contributed by atoms with E-state index in [1.54, 1.807) is 18.1 Å². The van der Waals surface area contributed by atoms with Crippen molar-refractivity contribution in [2.24, 2.45) is 0 Å². The topological polar surface area (TPSA) is 62.4 Å². The van der Waals surface area contributed by atoms with Gasteiger partial charge in [0.2, 0.25) is 5.91 Å². The number of hydrogen-bond acceptors (Lipinski definition) is 3. The van der Waals surface area contributed by atoms with Gasteiger partial charge in [0.15, 0.2) is 5.43 Å². The minimum Gasteiger partial charge on any atom is -0.497 e. The van der Waals surface area contributed by atoms with Crippen molar-refractivity contribution in [1.29, 1.82) is 0 Å². The summed E-state index contributed by atoms with van der Waals surface area (Å²) in [7, 11) is 1.58. The van der Waals surface area contributed by atoms with Crippen LogP contribution >= 0.6 is 0 Å². The lowest BCUT2D eigenvalue weighted by Gasteiger charge is -2.21. The molecular formula is C17H20N2O3. The number of carbonyl (C=O) groups excluding carboxylic acids is 1. The Morgan fingerprint density at radius 1 is 1.45 bits per heavy atom. The van der Waals surface area contributed by atoms with Gasteiger partial charge >= 0.3 is 0 Å². The van der Waals surface area contributed by atoms with Gasteiger partial charge in [-0.2, -0.15) is 0 Å². The highest BCUT2D eigenvalue weighted by atomic mass is 16.5. The molecule has 2 aromatic rings. The van der Waals surface area contributed by atoms with Gasteiger partial charge in [-0.15, -0.1) is 0 Å². The summed E-state index contributed by atoms with van der Waals surface area (Å²) >= 11 is 0. The second-order valence-electron chi connectivity index (χ2n) is 5.71. The van der Waals surface area contributed by atoms with Crippen molar-refractivity contribution >= 4 is 16.8 Å². The standard InChI is InChI=1S/C17H20N2O3/c1-4-5-15(20)19-9-13-16(10(19)2)18-14-7-6-11(22-3)8-12(14)17(13)21/h6-8,10H,4-5,9H2,1-3H3,(H,18,21). The van der Waals surface area contributed by atoms with Gasteiger partial charge in [-0.25, -0.2) is 0 Å². The number of aromatic amines is 1. The molecule has 0 aliphatic carbocycles. The second-order valence-corrected chi connectivity index (χ2v) is 5.71. The third-order valence-corrected chi connectivity index (χ3v) is 4.34. The highest BCUT2D eigenvalue weighted by Crippen LogP contribution is 2.32. The van der Waals surface area contributed by atoms with E-state index in [0.717, 1.165) is 17.6 Å². The summed E-state index contributed by atoms with van der Waals surface area (Å²) in [5.74, 6) is 0.753. The largest absolute Gasteiger partial charge is 0.497 e. The molecule has 1 amide bonds. The summed E-state index contributed by atoms with van der Waals surface area (Å²) in [5.41, 5.74) is 2.31. The minimum absolute atomic E-state index is 0.0127. The molecule has 5 nitrogen and oxygen atoms in total. The Morgan fingerprint density at radius 3 is 2.91 bits per heavy atom. The molecule has 1 aromatic carbocycles. The number of amides is 1. The summed E-state index contributed by atoms with van der Waals surface area (Å²) < 4.78 is 5.19. The van der Waals surface area contributed by atoms with E-state index >= 15 is 0 Å². The van der Waals surface area contributed by atoms with Crippen molar-refractivity contribution in [1.82, 2.24) is 9.88 Å². The quantitative estimate of drug-likeness (QED) is 0.948. The summed E-state index contributed by atoms with van der Waals surface area (Å²) in [6.07, 6.45) is 1.32. The summed E-state index contributed by atoms with van der Waals surface area (Å²) in [4.78, 5) is 30.1. The lowest BCUT2D eigenvalue weighted by molar-refractivity contribution is -0.133. The van der Waals surface area contributed by atoms with Crippen LogP contribution in [0.1, 0.15) is 44.0 Å². The van der Waals surface area contributed by atoms with Crippen molar-refractivity contribution in [2.45, 2.75) is 39.3 Å². The van der Waals surface area contributed by atoms with Crippen molar-refractivity contribution < 1.29 is 9.53 Å². The average Bonchev–Trinajstić information content (AvgIpc) is 2.85. The van der Waals surface area contributed by atoms with Gasteiger partial charge in [0.05, 0.1) is 19.7 Å². The second kappa shape index (κ2) is 5.48. The first-order valence-corrected chi connectivity index (χ1v) is 7.59. The molecule has 22 heavy (non-hydrogen) atoms. The number of carbonyl (C=O) groups is 1. The first-order valence-electron chi connectivity index (χ1n) is 7.59. The predicted molar refractivity (Wildman–Crippen MR) is 85.0 cm³/mol. The summed E-state index contributed by atoms with van der Waals surface area (Å²) in [6, 6.07) is 5.33. The number of ether oxygens (including phenoxy) is 1. The molecule has 1 aromatic heterocycles. The molecule has 1 aliphatic heterocycles. The Bertz CT molecular complexity index is 794. The third kappa shape index (κ3) is 2.17. The van der Waals surface area contributed by atoms with E-state index in [2.05, 4.69) is 4.98 Å². The zero-order valence-corrected chi connectivity index (χ0v) is 13.1. The number of rotatable bonds is 3. The first-order chi connectivity index (χ1) is 10.6. The van der Waals surface area contributed by atoms with Crippen LogP contribution in [0.3, 0.4) is 0 Å². The maximum Gasteiger partial charge on any atom is 0.223 e. The van der Waals surface area contributed by atoms with Crippen LogP contribution in [0.25, 0.3) is 10.9 Å². The monoisotopic (exact) mass is 300 g/mol. The molecule has 0 saturated carbocycles. The Kier molecular flexibility index (Phi) is 3.64. The molecule has 0 spiro atoms. The number of methoxy groups -OCH3 is 1. The Morgan fingerprint density at radius 2 is 2.23 bits per heavy atom. The van der Waals surface area contributed by atoms with Crippen LogP contribution in [0.2, 0.25) is 0 Å². The fraction of sp³-hybridized carbons (Fsp3) is 0.412. The smallest absolute Gasteiger partial charge is 0.223 e. The van der Waals surface area contributed by atoms with Crippen LogP contribution in [0.15, 0.2) is 23.0 Å². The number of nitrogens with zero attached hydrogens (tertiary/aromatic N) is 1. The Hall–Kier alpha value is -2.30. The number of fused-ring (bicyclic) bond motifs is 2. The van der Waals surface area contributed by atoms with E-state index < -0.39 is 0 Å². The average molecular weight is 300 g/mol. The molecule has 1 unspecified atom stereocenters. The lowest BCUT2D eigenvalue weighted by Crippen LogP contribution is -2.28. The molecular weight excluding hydrogens is 280 g/mol. The van der Waals surface area contributed by atoms with E-state index in [9.17, 15) is 9.59 Å². The molecule has 1 atom stereocenters. The van der Waals surface area contributed by atoms with Crippen molar-refractivity contribution in [3.05, 3.63) is 39.7 Å². The van der Waals surface area contributed by atoms with Crippen molar-refractivity contribution in [2.75, 3.05) is 7.11 Å². The van der Waals surface area contributed by atoms with Crippen LogP contribution in [-0.2, 0) is 11.3 Å². The lowest BCUT2D eigenvalue weighted by atomic mass is 10.1. The van der Waals surface area contributed by atoms with E-state index in [1.807, 2.05) is 26.0 Å². The van der Waals surface area contributed by atoms with Gasteiger partial charge in [0, 0.05) is 28.6 Å². The van der Waals surface area contributed by atoms with Gasteiger partial charge in [0.25, 0.3) is 0 Å². The molecule has 0 bridgehead atoms. The maximum absolute atomic E-state index is 12.7. The molecule has 1 aliphatic rings. The fourth-order valence-corrected chi connectivity index (χ4v) is 3.09. The maximum atomic E-state index is 12.7. The number of benzene rings is 1. The van der Waals surface area contributed by atoms with Crippen molar-refractivity contribution in [3.8, 4) is 5.75 Å². The Labute approximate surface area is 128 Å². The zero-order valence-electron chi connectivity index (χ0n) is 13.1. The zero-order chi connectivity index (χ0) is 15.9. The number of pyridine rings is 1. The SMILES string of the molecule is CCCC(=O)N1Cc2c([nH]c3ccc(OC)cc3c2=O)C1C. The molecule has 3 rings (SSSR count). The summed E-state index contributed by atoms with van der Waals surface area (Å²) in [6.45, 7) is 4.33.